The zero-order valence-electron chi connectivity index (χ0n) is 63.3. The number of H-pyrrole nitrogens is 1. The number of amides is 11. The van der Waals surface area contributed by atoms with Crippen molar-refractivity contribution in [3.8, 4) is 5.75 Å². The number of fused-ring (bicyclic) bond motifs is 1. The van der Waals surface area contributed by atoms with E-state index in [4.69, 9.17) is 23.1 Å². The number of hydrogen-bond donors (Lipinski definition) is 15. The number of nitrogens with two attached hydrogens (primary N) is 2. The number of unbranched alkanes of at least 4 members (excludes halogenated alkanes) is 1. The van der Waals surface area contributed by atoms with Crippen LogP contribution in [0.25, 0.3) is 10.8 Å². The summed E-state index contributed by atoms with van der Waals surface area (Å²) in [4.78, 5) is 169. The number of rotatable bonds is 40. The van der Waals surface area contributed by atoms with E-state index >= 15 is 14.4 Å². The number of nitrogen functional groups attached to an aromatic ring is 1. The van der Waals surface area contributed by atoms with Crippen LogP contribution in [0.2, 0.25) is 5.02 Å². The minimum absolute atomic E-state index is 0.0121. The lowest BCUT2D eigenvalue weighted by molar-refractivity contribution is -0.144. The first-order valence-electron chi connectivity index (χ1n) is 37.0. The number of aliphatic hydroxyl groups is 1. The number of aromatic nitrogens is 4. The first kappa shape index (κ1) is 85.0. The molecular weight excluding hydrogens is 1440 g/mol. The summed E-state index contributed by atoms with van der Waals surface area (Å²) in [5.74, 6) is -8.74. The first-order chi connectivity index (χ1) is 53.0. The van der Waals surface area contributed by atoms with Gasteiger partial charge in [-0.3, -0.25) is 57.7 Å². The fourth-order valence-electron chi connectivity index (χ4n) is 12.9. The van der Waals surface area contributed by atoms with Crippen molar-refractivity contribution in [2.24, 2.45) is 11.7 Å². The molecule has 592 valence electrons. The molecule has 0 aliphatic carbocycles. The van der Waals surface area contributed by atoms with Crippen LogP contribution in [0.4, 0.5) is 17.6 Å². The van der Waals surface area contributed by atoms with Gasteiger partial charge in [-0.1, -0.05) is 124 Å². The number of primary amides is 1. The fraction of sp³-hybridized carbons (Fsp3) is 0.418. The second kappa shape index (κ2) is 41.3. The van der Waals surface area contributed by atoms with E-state index in [2.05, 4.69) is 73.3 Å². The Bertz CT molecular complexity index is 4340. The van der Waals surface area contributed by atoms with Gasteiger partial charge in [-0.05, 0) is 139 Å². The SMILES string of the molecule is CC(=O)N[C@H](Cc1ccc2ccccc2c1)C(=O)N[C@H](Cc1ccc(Cl)cc1)C(=O)N[C@H](Cc1cccnc1)C(=O)N[C@@H](CO)C(=O)N(C)[C@@H](Cc1ccc(O)cc1)C(=O)N[C@H](Cc1ccc(Nc2nc(N)n[nH]2)cc1)C(=O)N[C@@H](CC(C)C)C(=O)N[C@@H](CCCCNC(C)C)C(=O)N1CCC[C@H]1C(=O)N[C@H](C)C(N)=O. The van der Waals surface area contributed by atoms with Crippen molar-refractivity contribution in [3.63, 3.8) is 0 Å². The molecule has 0 saturated carbocycles. The van der Waals surface area contributed by atoms with E-state index in [0.717, 1.165) is 15.7 Å². The monoisotopic (exact) mass is 1540 g/mol. The maximum atomic E-state index is 15.5. The second-order valence-electron chi connectivity index (χ2n) is 28.5. The summed E-state index contributed by atoms with van der Waals surface area (Å²) in [5, 5.41) is 58.7. The molecule has 3 heterocycles. The summed E-state index contributed by atoms with van der Waals surface area (Å²) in [6.45, 7) is 10.0. The van der Waals surface area contributed by atoms with Crippen molar-refractivity contribution in [2.45, 2.75) is 179 Å². The molecule has 1 saturated heterocycles. The number of aromatic amines is 1. The summed E-state index contributed by atoms with van der Waals surface area (Å²) in [6, 6.07) is 21.9. The lowest BCUT2D eigenvalue weighted by atomic mass is 9.99. The highest BCUT2D eigenvalue weighted by atomic mass is 35.5. The number of likely N-dealkylation sites (tertiary alicyclic amines) is 1. The van der Waals surface area contributed by atoms with Crippen molar-refractivity contribution in [2.75, 3.05) is 37.8 Å². The number of phenols is 1. The van der Waals surface area contributed by atoms with E-state index in [1.54, 1.807) is 60.7 Å². The van der Waals surface area contributed by atoms with Crippen molar-refractivity contribution < 1.29 is 63.0 Å². The van der Waals surface area contributed by atoms with Gasteiger partial charge in [0.25, 0.3) is 0 Å². The number of phenolic OH excluding ortho intramolecular Hbond substituents is 1. The number of nitrogens with one attached hydrogen (secondary N) is 11. The highest BCUT2D eigenvalue weighted by Crippen LogP contribution is 2.24. The van der Waals surface area contributed by atoms with Gasteiger partial charge >= 0.3 is 0 Å². The Morgan fingerprint density at radius 3 is 1.73 bits per heavy atom. The Morgan fingerprint density at radius 2 is 1.15 bits per heavy atom. The van der Waals surface area contributed by atoms with Gasteiger partial charge in [0.15, 0.2) is 0 Å². The average molecular weight is 1550 g/mol. The second-order valence-corrected chi connectivity index (χ2v) is 29.0. The minimum Gasteiger partial charge on any atom is -0.508 e. The summed E-state index contributed by atoms with van der Waals surface area (Å²) in [5.41, 5.74) is 14.3. The van der Waals surface area contributed by atoms with E-state index in [-0.39, 0.29) is 87.5 Å². The molecule has 2 aromatic heterocycles. The molecule has 1 aliphatic rings. The molecule has 0 spiro atoms. The number of nitrogens with zero attached hydrogens (tertiary/aromatic N) is 5. The molecule has 31 nitrogen and oxygen atoms in total. The summed E-state index contributed by atoms with van der Waals surface area (Å²) in [7, 11) is 1.25. The van der Waals surface area contributed by atoms with Gasteiger partial charge in [0.2, 0.25) is 76.9 Å². The van der Waals surface area contributed by atoms with E-state index < -0.39 is 132 Å². The molecule has 0 radical (unpaired) electrons. The van der Waals surface area contributed by atoms with Crippen molar-refractivity contribution in [1.29, 1.82) is 0 Å². The number of carbonyl (C=O) groups excluding carboxylic acids is 11. The number of pyridine rings is 1. The third kappa shape index (κ3) is 26.1. The molecule has 1 aliphatic heterocycles. The van der Waals surface area contributed by atoms with Crippen LogP contribution in [0.3, 0.4) is 0 Å². The molecule has 11 amide bonds. The Morgan fingerprint density at radius 1 is 0.613 bits per heavy atom. The van der Waals surface area contributed by atoms with Gasteiger partial charge < -0.3 is 84.6 Å². The third-order valence-electron chi connectivity index (χ3n) is 18.9. The molecule has 111 heavy (non-hydrogen) atoms. The number of anilines is 3. The Balaban J connectivity index is 1.07. The van der Waals surface area contributed by atoms with Gasteiger partial charge in [0.1, 0.15) is 66.2 Å². The molecule has 10 atom stereocenters. The number of aliphatic hydroxyl groups excluding tert-OH is 1. The molecule has 5 aromatic carbocycles. The van der Waals surface area contributed by atoms with Crippen molar-refractivity contribution in [1.82, 2.24) is 77.8 Å². The standard InChI is InChI=1S/C79H101ClN18O13/c1-45(2)36-60(69(103)88-59(17-10-11-34-84-46(3)4)77(111)98-35-13-18-66(98)74(108)85-47(5)68(81)102)89-72(106)63(39-50-22-29-57(30-23-50)87-79-94-78(82)95-96-79)92-75(109)67(42-51-24-31-58(101)32-25-51)97(7)76(110)65(44-99)93-73(107)64(41-53-14-12-33-83-43-53)91-71(105)62(38-49-20-27-56(80)28-21-49)90-70(104)61(86-48(6)100)40-52-19-26-54-15-8-9-16-55(54)37-52/h8-9,12,14-16,19-33,37,43,45-47,59-67,84,99,101H,10-11,13,17-18,34-36,38-42,44H2,1-7H3,(H2,81,102)(H,85,108)(H,86,100)(H,88,103)(H,89,106)(H,90,104)(H,91,105)(H,92,109)(H,93,107)(H4,82,87,94,95,96)/t47-,59+,60+,61-,62-,63-,64-,65+,66+,67+/m1/s1. The van der Waals surface area contributed by atoms with Crippen molar-refractivity contribution in [3.05, 3.63) is 173 Å². The predicted molar refractivity (Wildman–Crippen MR) is 418 cm³/mol. The molecular formula is C79H101ClN18O13. The highest BCUT2D eigenvalue weighted by molar-refractivity contribution is 6.30. The van der Waals surface area contributed by atoms with E-state index in [1.807, 2.05) is 70.2 Å². The van der Waals surface area contributed by atoms with Crippen LogP contribution in [0.1, 0.15) is 108 Å². The smallest absolute Gasteiger partial charge is 0.247 e. The number of likely N-dealkylation sites (N-methyl/N-ethyl adjacent to an activating group) is 1. The summed E-state index contributed by atoms with van der Waals surface area (Å²) in [6.07, 6.45) is 4.05. The average Bonchev–Trinajstić information content (AvgIpc) is 1.58. The minimum atomic E-state index is -1.83. The predicted octanol–water partition coefficient (Wildman–Crippen LogP) is 2.98. The van der Waals surface area contributed by atoms with Crippen LogP contribution in [-0.4, -0.2) is 198 Å². The topological polar surface area (TPSA) is 462 Å². The van der Waals surface area contributed by atoms with Crippen LogP contribution in [0, 0.1) is 5.92 Å². The Kier molecular flexibility index (Phi) is 31.6. The largest absolute Gasteiger partial charge is 0.508 e. The lowest BCUT2D eigenvalue weighted by Gasteiger charge is -2.33. The number of carbonyl (C=O) groups is 11. The van der Waals surface area contributed by atoms with Crippen LogP contribution >= 0.6 is 11.6 Å². The number of halogens is 1. The number of aromatic hydroxyl groups is 1. The van der Waals surface area contributed by atoms with Gasteiger partial charge in [-0.25, -0.2) is 5.10 Å². The Labute approximate surface area is 649 Å². The van der Waals surface area contributed by atoms with Gasteiger partial charge in [-0.15, -0.1) is 5.10 Å². The maximum Gasteiger partial charge on any atom is 0.247 e. The quantitative estimate of drug-likeness (QED) is 0.0245. The molecule has 0 bridgehead atoms. The lowest BCUT2D eigenvalue weighted by Crippen LogP contribution is -2.62. The molecule has 17 N–H and O–H groups in total. The summed E-state index contributed by atoms with van der Waals surface area (Å²) >= 11 is 6.27. The zero-order chi connectivity index (χ0) is 80.4. The molecule has 7 aromatic rings. The zero-order valence-corrected chi connectivity index (χ0v) is 64.0. The maximum absolute atomic E-state index is 15.5. The molecule has 1 fully saturated rings. The van der Waals surface area contributed by atoms with E-state index in [0.29, 0.717) is 64.3 Å². The van der Waals surface area contributed by atoms with E-state index in [9.17, 15) is 48.6 Å². The number of benzene rings is 5. The highest BCUT2D eigenvalue weighted by Gasteiger charge is 2.41. The van der Waals surface area contributed by atoms with Crippen LogP contribution in [0.15, 0.2) is 140 Å². The fourth-order valence-corrected chi connectivity index (χ4v) is 13.0. The first-order valence-corrected chi connectivity index (χ1v) is 37.4. The van der Waals surface area contributed by atoms with Gasteiger partial charge in [0.05, 0.1) is 6.61 Å². The number of hydrogen-bond acceptors (Lipinski definition) is 19. The van der Waals surface area contributed by atoms with Crippen LogP contribution in [-0.2, 0) is 84.8 Å². The van der Waals surface area contributed by atoms with Crippen LogP contribution in [0.5, 0.6) is 5.75 Å². The molecule has 32 heteroatoms. The van der Waals surface area contributed by atoms with Gasteiger partial charge in [-0.2, -0.15) is 4.98 Å². The molecule has 8 rings (SSSR count). The Hall–Kier alpha value is -11.6. The van der Waals surface area contributed by atoms with Gasteiger partial charge in [0, 0.05) is 81.8 Å². The molecule has 0 unspecified atom stereocenters. The third-order valence-corrected chi connectivity index (χ3v) is 19.1. The normalized spacial score (nSPS) is 15.1. The van der Waals surface area contributed by atoms with Crippen molar-refractivity contribution >= 4 is 105 Å². The summed E-state index contributed by atoms with van der Waals surface area (Å²) < 4.78 is 0. The van der Waals surface area contributed by atoms with Crippen LogP contribution < -0.4 is 64.6 Å². The van der Waals surface area contributed by atoms with E-state index in [1.165, 1.54) is 62.5 Å².